The molecule has 0 radical (unpaired) electrons. The van der Waals surface area contributed by atoms with Crippen molar-refractivity contribution in [2.24, 2.45) is 4.99 Å². The predicted octanol–water partition coefficient (Wildman–Crippen LogP) is 2.46. The quantitative estimate of drug-likeness (QED) is 0.439. The van der Waals surface area contributed by atoms with Gasteiger partial charge in [0.2, 0.25) is 0 Å². The molecule has 9 heteroatoms. The van der Waals surface area contributed by atoms with Crippen LogP contribution in [0.15, 0.2) is 101 Å². The maximum atomic E-state index is 13.2. The van der Waals surface area contributed by atoms with Gasteiger partial charge in [0, 0.05) is 11.1 Å². The van der Waals surface area contributed by atoms with Crippen molar-refractivity contribution in [3.05, 3.63) is 112 Å². The molecule has 0 saturated heterocycles. The Balaban J connectivity index is 1.48. The summed E-state index contributed by atoms with van der Waals surface area (Å²) >= 11 is 0. The van der Waals surface area contributed by atoms with E-state index >= 15 is 0 Å². The van der Waals surface area contributed by atoms with E-state index in [4.69, 9.17) is 0 Å². The largest absolute Gasteiger partial charge is 0.507 e. The topological polar surface area (TPSA) is 117 Å². The van der Waals surface area contributed by atoms with Gasteiger partial charge in [-0.15, -0.1) is 0 Å². The first-order valence-corrected chi connectivity index (χ1v) is 10.7. The molecule has 4 aromatic rings. The lowest BCUT2D eigenvalue weighted by Gasteiger charge is -2.20. The van der Waals surface area contributed by atoms with Crippen LogP contribution in [0.5, 0.6) is 5.75 Å². The van der Waals surface area contributed by atoms with Crippen LogP contribution in [-0.4, -0.2) is 37.3 Å². The monoisotopic (exact) mass is 465 g/mol. The van der Waals surface area contributed by atoms with Crippen LogP contribution < -0.4 is 11.0 Å². The molecule has 9 nitrogen and oxygen atoms in total. The number of carbonyl (C=O) groups is 2. The summed E-state index contributed by atoms with van der Waals surface area (Å²) in [7, 11) is 0. The molecule has 2 N–H and O–H groups in total. The molecule has 172 valence electrons. The van der Waals surface area contributed by atoms with E-state index in [1.54, 1.807) is 66.7 Å². The summed E-state index contributed by atoms with van der Waals surface area (Å²) in [5, 5.41) is 11.2. The molecule has 1 aliphatic heterocycles. The van der Waals surface area contributed by atoms with Crippen LogP contribution in [0.4, 0.5) is 0 Å². The summed E-state index contributed by atoms with van der Waals surface area (Å²) in [6.45, 7) is -0.327. The number of para-hydroxylation sites is 3. The van der Waals surface area contributed by atoms with Crippen molar-refractivity contribution in [2.75, 3.05) is 0 Å². The Morgan fingerprint density at radius 1 is 0.943 bits per heavy atom. The van der Waals surface area contributed by atoms with Gasteiger partial charge in [-0.2, -0.15) is 5.01 Å². The van der Waals surface area contributed by atoms with E-state index in [9.17, 15) is 19.5 Å². The first kappa shape index (κ1) is 21.8. The van der Waals surface area contributed by atoms with Crippen molar-refractivity contribution in [1.82, 2.24) is 20.0 Å². The second-order valence-electron chi connectivity index (χ2n) is 7.74. The highest BCUT2D eigenvalue weighted by atomic mass is 16.3. The molecule has 35 heavy (non-hydrogen) atoms. The van der Waals surface area contributed by atoms with Gasteiger partial charge in [0.15, 0.2) is 5.84 Å². The van der Waals surface area contributed by atoms with Gasteiger partial charge in [0.1, 0.15) is 18.0 Å². The highest BCUT2D eigenvalue weighted by molar-refractivity contribution is 6.20. The number of hydrogen-bond donors (Lipinski definition) is 2. The molecule has 3 aromatic carbocycles. The van der Waals surface area contributed by atoms with Crippen molar-refractivity contribution in [3.63, 3.8) is 0 Å². The van der Waals surface area contributed by atoms with Crippen molar-refractivity contribution < 1.29 is 14.7 Å². The Morgan fingerprint density at radius 2 is 1.66 bits per heavy atom. The van der Waals surface area contributed by atoms with E-state index in [2.05, 4.69) is 15.4 Å². The molecule has 2 amide bonds. The summed E-state index contributed by atoms with van der Waals surface area (Å²) in [5.41, 5.74) is 4.26. The number of hydrazine groups is 1. The molecule has 1 aromatic heterocycles. The van der Waals surface area contributed by atoms with E-state index in [1.165, 1.54) is 16.7 Å². The molecule has 1 aliphatic rings. The van der Waals surface area contributed by atoms with Gasteiger partial charge in [-0.05, 0) is 24.3 Å². The standard InChI is InChI=1S/C26H19N5O4/c32-22-13-7-4-10-18(22)14-20-26(35)31(25(28-20)17-8-2-1-3-9-17)29-23(33)16-30-21-12-6-5-11-19(21)27-15-24(30)34/h1-15,32H,16H2,(H,29,33)/b20-14+. The number of fused-ring (bicyclic) bond motifs is 1. The molecule has 0 aliphatic carbocycles. The Hall–Kier alpha value is -5.05. The number of amides is 2. The zero-order valence-corrected chi connectivity index (χ0v) is 18.3. The molecule has 5 rings (SSSR count). The minimum absolute atomic E-state index is 0.00399. The number of nitrogens with zero attached hydrogens (tertiary/aromatic N) is 4. The Bertz CT molecular complexity index is 1570. The Kier molecular flexibility index (Phi) is 5.64. The number of phenols is 1. The van der Waals surface area contributed by atoms with Gasteiger partial charge in [0.25, 0.3) is 17.4 Å². The summed E-state index contributed by atoms with van der Waals surface area (Å²) < 4.78 is 1.29. The number of aromatic nitrogens is 2. The van der Waals surface area contributed by atoms with Crippen LogP contribution in [0.25, 0.3) is 17.1 Å². The number of amidine groups is 1. The number of aliphatic imine (C=N–C) groups is 1. The lowest BCUT2D eigenvalue weighted by atomic mass is 10.1. The average Bonchev–Trinajstić information content (AvgIpc) is 3.17. The second-order valence-corrected chi connectivity index (χ2v) is 7.74. The van der Waals surface area contributed by atoms with E-state index in [-0.39, 0.29) is 23.8 Å². The number of phenolic OH excluding ortho intramolecular Hbond substituents is 1. The maximum absolute atomic E-state index is 13.2. The van der Waals surface area contributed by atoms with Gasteiger partial charge < -0.3 is 5.11 Å². The van der Waals surface area contributed by atoms with Gasteiger partial charge in [-0.25, -0.2) is 9.98 Å². The van der Waals surface area contributed by atoms with Crippen LogP contribution in [0.1, 0.15) is 11.1 Å². The summed E-state index contributed by atoms with van der Waals surface area (Å²) in [5.74, 6) is -0.954. The number of rotatable bonds is 5. The van der Waals surface area contributed by atoms with E-state index in [1.807, 2.05) is 6.07 Å². The van der Waals surface area contributed by atoms with Gasteiger partial charge in [-0.3, -0.25) is 24.4 Å². The van der Waals surface area contributed by atoms with Crippen molar-refractivity contribution in [3.8, 4) is 5.75 Å². The normalized spacial score (nSPS) is 14.4. The zero-order valence-electron chi connectivity index (χ0n) is 18.3. The number of carbonyl (C=O) groups excluding carboxylic acids is 2. The SMILES string of the molecule is O=C(Cn1c(=O)cnc2ccccc21)NN1C(=O)/C(=C\c2ccccc2O)N=C1c1ccccc1. The third kappa shape index (κ3) is 4.30. The van der Waals surface area contributed by atoms with E-state index in [0.717, 1.165) is 11.2 Å². The molecule has 0 atom stereocenters. The minimum Gasteiger partial charge on any atom is -0.507 e. The van der Waals surface area contributed by atoms with Gasteiger partial charge in [-0.1, -0.05) is 60.7 Å². The first-order chi connectivity index (χ1) is 17.0. The molecule has 0 spiro atoms. The number of benzene rings is 3. The van der Waals surface area contributed by atoms with E-state index < -0.39 is 17.4 Å². The molecular formula is C26H19N5O4. The summed E-state index contributed by atoms with van der Waals surface area (Å²) in [6, 6.07) is 22.4. The average molecular weight is 465 g/mol. The molecular weight excluding hydrogens is 446 g/mol. The molecule has 0 saturated carbocycles. The smallest absolute Gasteiger partial charge is 0.297 e. The highest BCUT2D eigenvalue weighted by Crippen LogP contribution is 2.24. The van der Waals surface area contributed by atoms with Crippen LogP contribution in [0.3, 0.4) is 0 Å². The fraction of sp³-hybridized carbons (Fsp3) is 0.0385. The Labute approximate surface area is 199 Å². The molecule has 0 bridgehead atoms. The summed E-state index contributed by atoms with van der Waals surface area (Å²) in [4.78, 5) is 47.2. The number of aromatic hydroxyl groups is 1. The maximum Gasteiger partial charge on any atom is 0.297 e. The fourth-order valence-corrected chi connectivity index (χ4v) is 3.74. The van der Waals surface area contributed by atoms with Crippen molar-refractivity contribution in [2.45, 2.75) is 6.54 Å². The molecule has 2 heterocycles. The Morgan fingerprint density at radius 3 is 2.46 bits per heavy atom. The molecule has 0 fully saturated rings. The van der Waals surface area contributed by atoms with Gasteiger partial charge >= 0.3 is 0 Å². The van der Waals surface area contributed by atoms with Crippen LogP contribution in [0, 0.1) is 0 Å². The van der Waals surface area contributed by atoms with Crippen molar-refractivity contribution >= 4 is 34.8 Å². The van der Waals surface area contributed by atoms with Crippen LogP contribution >= 0.6 is 0 Å². The van der Waals surface area contributed by atoms with Crippen molar-refractivity contribution in [1.29, 1.82) is 0 Å². The van der Waals surface area contributed by atoms with Crippen LogP contribution in [-0.2, 0) is 16.1 Å². The highest BCUT2D eigenvalue weighted by Gasteiger charge is 2.33. The van der Waals surface area contributed by atoms with E-state index in [0.29, 0.717) is 22.2 Å². The molecule has 0 unspecified atom stereocenters. The number of nitrogens with one attached hydrogen (secondary N) is 1. The first-order valence-electron chi connectivity index (χ1n) is 10.7. The second kappa shape index (κ2) is 9.06. The number of hydrogen-bond acceptors (Lipinski definition) is 6. The minimum atomic E-state index is -0.593. The summed E-state index contributed by atoms with van der Waals surface area (Å²) in [6.07, 6.45) is 2.61. The third-order valence-corrected chi connectivity index (χ3v) is 5.41. The zero-order chi connectivity index (χ0) is 24.4. The van der Waals surface area contributed by atoms with Gasteiger partial charge in [0.05, 0.1) is 17.2 Å². The fourth-order valence-electron chi connectivity index (χ4n) is 3.74. The van der Waals surface area contributed by atoms with Crippen LogP contribution in [0.2, 0.25) is 0 Å². The lowest BCUT2D eigenvalue weighted by Crippen LogP contribution is -2.49. The lowest BCUT2D eigenvalue weighted by molar-refractivity contribution is -0.133. The predicted molar refractivity (Wildman–Crippen MR) is 130 cm³/mol. The third-order valence-electron chi connectivity index (χ3n) is 5.41.